The summed E-state index contributed by atoms with van der Waals surface area (Å²) in [5.41, 5.74) is 1.07. The molecule has 1 atom stereocenters. The summed E-state index contributed by atoms with van der Waals surface area (Å²) >= 11 is 0. The zero-order valence-electron chi connectivity index (χ0n) is 15.2. The third-order valence-corrected chi connectivity index (χ3v) is 6.02. The fourth-order valence-corrected chi connectivity index (χ4v) is 4.34. The Balaban J connectivity index is 1.56. The lowest BCUT2D eigenvalue weighted by Crippen LogP contribution is -2.43. The van der Waals surface area contributed by atoms with Crippen LogP contribution in [0.25, 0.3) is 6.08 Å². The maximum atomic E-state index is 12.6. The molecule has 1 aromatic heterocycles. The van der Waals surface area contributed by atoms with Crippen LogP contribution in [-0.2, 0) is 10.0 Å². The van der Waals surface area contributed by atoms with Crippen LogP contribution in [0.2, 0.25) is 0 Å². The summed E-state index contributed by atoms with van der Waals surface area (Å²) in [7, 11) is -3.49. The Morgan fingerprint density at radius 2 is 2.15 bits per heavy atom. The monoisotopic (exact) mass is 389 g/mol. The third kappa shape index (κ3) is 5.27. The third-order valence-electron chi connectivity index (χ3n) is 4.49. The molecule has 1 fully saturated rings. The Kier molecular flexibility index (Phi) is 6.08. The maximum Gasteiger partial charge on any atom is 0.273 e. The lowest BCUT2D eigenvalue weighted by molar-refractivity contribution is 0.0932. The van der Waals surface area contributed by atoms with Crippen LogP contribution in [0.3, 0.4) is 0 Å². The first-order chi connectivity index (χ1) is 12.9. The van der Waals surface area contributed by atoms with Gasteiger partial charge < -0.3 is 9.84 Å². The molecule has 8 heteroatoms. The second-order valence-electron chi connectivity index (χ2n) is 6.66. The molecule has 0 aliphatic carbocycles. The van der Waals surface area contributed by atoms with Gasteiger partial charge in [-0.1, -0.05) is 35.5 Å². The number of aromatic nitrogens is 1. The molecular weight excluding hydrogens is 366 g/mol. The first-order valence-electron chi connectivity index (χ1n) is 8.89. The molecule has 0 saturated carbocycles. The number of rotatable bonds is 6. The molecule has 1 aliphatic heterocycles. The van der Waals surface area contributed by atoms with Crippen molar-refractivity contribution in [3.8, 4) is 0 Å². The number of hydrogen-bond donors (Lipinski definition) is 1. The van der Waals surface area contributed by atoms with E-state index >= 15 is 0 Å². The van der Waals surface area contributed by atoms with Crippen LogP contribution in [0, 0.1) is 12.8 Å². The van der Waals surface area contributed by atoms with Gasteiger partial charge in [0.15, 0.2) is 5.69 Å². The van der Waals surface area contributed by atoms with Gasteiger partial charge in [0.1, 0.15) is 5.76 Å². The zero-order valence-corrected chi connectivity index (χ0v) is 16.0. The Bertz CT molecular complexity index is 906. The number of carbonyl (C=O) groups excluding carboxylic acids is 1. The summed E-state index contributed by atoms with van der Waals surface area (Å²) in [5, 5.41) is 7.75. The lowest BCUT2D eigenvalue weighted by atomic mass is 10.00. The molecule has 3 rings (SSSR count). The molecule has 1 saturated heterocycles. The van der Waals surface area contributed by atoms with Gasteiger partial charge in [-0.25, -0.2) is 8.42 Å². The van der Waals surface area contributed by atoms with E-state index in [9.17, 15) is 13.2 Å². The molecule has 0 spiro atoms. The summed E-state index contributed by atoms with van der Waals surface area (Å²) in [6, 6.07) is 10.9. The molecule has 0 radical (unpaired) electrons. The van der Waals surface area contributed by atoms with E-state index in [-0.39, 0.29) is 17.5 Å². The zero-order chi connectivity index (χ0) is 19.3. The molecule has 2 heterocycles. The van der Waals surface area contributed by atoms with Crippen LogP contribution in [-0.4, -0.2) is 43.4 Å². The van der Waals surface area contributed by atoms with Crippen molar-refractivity contribution in [3.05, 3.63) is 58.8 Å². The van der Waals surface area contributed by atoms with E-state index in [1.165, 1.54) is 9.71 Å². The molecule has 1 aromatic carbocycles. The summed E-state index contributed by atoms with van der Waals surface area (Å²) in [5.74, 6) is 0.326. The van der Waals surface area contributed by atoms with Crippen molar-refractivity contribution < 1.29 is 17.7 Å². The number of carbonyl (C=O) groups is 1. The van der Waals surface area contributed by atoms with Crippen molar-refractivity contribution in [2.45, 2.75) is 19.8 Å². The first-order valence-corrected chi connectivity index (χ1v) is 10.4. The highest BCUT2D eigenvalue weighted by molar-refractivity contribution is 7.92. The number of nitrogens with one attached hydrogen (secondary N) is 1. The van der Waals surface area contributed by atoms with Crippen molar-refractivity contribution in [3.63, 3.8) is 0 Å². The number of nitrogens with zero attached hydrogens (tertiary/aromatic N) is 2. The van der Waals surface area contributed by atoms with Crippen LogP contribution < -0.4 is 5.32 Å². The first kappa shape index (κ1) is 19.3. The average Bonchev–Trinajstić information content (AvgIpc) is 3.12. The predicted octanol–water partition coefficient (Wildman–Crippen LogP) is 2.43. The molecule has 2 aromatic rings. The quantitative estimate of drug-likeness (QED) is 0.819. The van der Waals surface area contributed by atoms with Gasteiger partial charge in [0.25, 0.3) is 5.91 Å². The number of piperidine rings is 1. The number of benzene rings is 1. The smallest absolute Gasteiger partial charge is 0.273 e. The lowest BCUT2D eigenvalue weighted by Gasteiger charge is -2.31. The normalized spacial score (nSPS) is 18.6. The van der Waals surface area contributed by atoms with Crippen LogP contribution >= 0.6 is 0 Å². The molecular formula is C19H23N3O4S. The SMILES string of the molecule is Cc1cc(C(=O)NC[C@@H]2CCCN(S(=O)(=O)/C=C/c3ccccc3)C2)no1. The minimum absolute atomic E-state index is 0.0654. The van der Waals surface area contributed by atoms with Gasteiger partial charge in [0, 0.05) is 31.1 Å². The van der Waals surface area contributed by atoms with E-state index in [2.05, 4.69) is 10.5 Å². The molecule has 1 aliphatic rings. The highest BCUT2D eigenvalue weighted by Crippen LogP contribution is 2.20. The Morgan fingerprint density at radius 3 is 2.85 bits per heavy atom. The number of aryl methyl sites for hydroxylation is 1. The van der Waals surface area contributed by atoms with Gasteiger partial charge >= 0.3 is 0 Å². The maximum absolute atomic E-state index is 12.6. The summed E-state index contributed by atoms with van der Waals surface area (Å²) in [6.45, 7) is 3.00. The van der Waals surface area contributed by atoms with Crippen LogP contribution in [0.15, 0.2) is 46.3 Å². The van der Waals surface area contributed by atoms with Gasteiger partial charge in [-0.05, 0) is 37.3 Å². The Morgan fingerprint density at radius 1 is 1.37 bits per heavy atom. The summed E-state index contributed by atoms with van der Waals surface area (Å²) < 4.78 is 31.6. The van der Waals surface area contributed by atoms with E-state index in [0.717, 1.165) is 18.4 Å². The highest BCUT2D eigenvalue weighted by Gasteiger charge is 2.27. The highest BCUT2D eigenvalue weighted by atomic mass is 32.2. The summed E-state index contributed by atoms with van der Waals surface area (Å²) in [4.78, 5) is 12.1. The summed E-state index contributed by atoms with van der Waals surface area (Å²) in [6.07, 6.45) is 3.24. The molecule has 0 bridgehead atoms. The van der Waals surface area contributed by atoms with Crippen molar-refractivity contribution in [1.82, 2.24) is 14.8 Å². The Labute approximate surface area is 159 Å². The molecule has 7 nitrogen and oxygen atoms in total. The van der Waals surface area contributed by atoms with E-state index in [1.54, 1.807) is 19.1 Å². The minimum atomic E-state index is -3.49. The van der Waals surface area contributed by atoms with Crippen molar-refractivity contribution in [1.29, 1.82) is 0 Å². The number of sulfonamides is 1. The minimum Gasteiger partial charge on any atom is -0.361 e. The van der Waals surface area contributed by atoms with Gasteiger partial charge in [-0.2, -0.15) is 4.31 Å². The molecule has 0 unspecified atom stereocenters. The van der Waals surface area contributed by atoms with E-state index in [1.807, 2.05) is 30.3 Å². The topological polar surface area (TPSA) is 92.5 Å². The van der Waals surface area contributed by atoms with Crippen molar-refractivity contribution >= 4 is 22.0 Å². The van der Waals surface area contributed by atoms with E-state index < -0.39 is 10.0 Å². The largest absolute Gasteiger partial charge is 0.361 e. The predicted molar refractivity (Wildman–Crippen MR) is 102 cm³/mol. The number of amides is 1. The standard InChI is InChI=1S/C19H23N3O4S/c1-15-12-18(21-26-15)19(23)20-13-17-8-5-10-22(14-17)27(24,25)11-9-16-6-3-2-4-7-16/h2-4,6-7,9,11-12,17H,5,8,10,13-14H2,1H3,(H,20,23)/b11-9+/t17-/m0/s1. The van der Waals surface area contributed by atoms with Gasteiger partial charge in [0.05, 0.1) is 0 Å². The van der Waals surface area contributed by atoms with Crippen LogP contribution in [0.1, 0.15) is 34.7 Å². The molecule has 144 valence electrons. The van der Waals surface area contributed by atoms with Crippen LogP contribution in [0.5, 0.6) is 0 Å². The van der Waals surface area contributed by atoms with Gasteiger partial charge in [0.2, 0.25) is 10.0 Å². The molecule has 27 heavy (non-hydrogen) atoms. The Hall–Kier alpha value is -2.45. The molecule has 1 N–H and O–H groups in total. The van der Waals surface area contributed by atoms with Crippen molar-refractivity contribution in [2.24, 2.45) is 5.92 Å². The second-order valence-corrected chi connectivity index (χ2v) is 8.48. The second kappa shape index (κ2) is 8.49. The molecule has 1 amide bonds. The number of hydrogen-bond acceptors (Lipinski definition) is 5. The van der Waals surface area contributed by atoms with E-state index in [4.69, 9.17) is 4.52 Å². The van der Waals surface area contributed by atoms with Gasteiger partial charge in [-0.3, -0.25) is 4.79 Å². The average molecular weight is 389 g/mol. The van der Waals surface area contributed by atoms with E-state index in [0.29, 0.717) is 25.4 Å². The van der Waals surface area contributed by atoms with Gasteiger partial charge in [-0.15, -0.1) is 0 Å². The fraction of sp³-hybridized carbons (Fsp3) is 0.368. The van der Waals surface area contributed by atoms with Crippen molar-refractivity contribution in [2.75, 3.05) is 19.6 Å². The fourth-order valence-electron chi connectivity index (χ4n) is 3.04. The van der Waals surface area contributed by atoms with Crippen LogP contribution in [0.4, 0.5) is 0 Å².